The van der Waals surface area contributed by atoms with Crippen molar-refractivity contribution in [2.75, 3.05) is 5.32 Å². The highest BCUT2D eigenvalue weighted by Crippen LogP contribution is 2.27. The fraction of sp³-hybridized carbons (Fsp3) is 0.174. The summed E-state index contributed by atoms with van der Waals surface area (Å²) in [5, 5.41) is 7.79. The molecule has 4 aromatic rings. The van der Waals surface area contributed by atoms with Gasteiger partial charge in [-0.15, -0.1) is 0 Å². The SMILES string of the molecule is Cc1c2cnn(-c3ccccc3)c(=O)c2c(C)n1C(C)C(=O)Nc1cc(F)ccc1F. The number of halogens is 2. The predicted molar refractivity (Wildman–Crippen MR) is 115 cm³/mol. The van der Waals surface area contributed by atoms with Gasteiger partial charge in [0.1, 0.15) is 17.7 Å². The van der Waals surface area contributed by atoms with Gasteiger partial charge in [-0.25, -0.2) is 8.78 Å². The van der Waals surface area contributed by atoms with Crippen molar-refractivity contribution in [2.45, 2.75) is 26.8 Å². The molecule has 0 fully saturated rings. The van der Waals surface area contributed by atoms with Crippen molar-refractivity contribution in [3.8, 4) is 5.69 Å². The van der Waals surface area contributed by atoms with Crippen molar-refractivity contribution in [3.63, 3.8) is 0 Å². The van der Waals surface area contributed by atoms with Crippen LogP contribution in [0.25, 0.3) is 16.5 Å². The monoisotopic (exact) mass is 422 g/mol. The highest BCUT2D eigenvalue weighted by Gasteiger charge is 2.24. The molecule has 1 unspecified atom stereocenters. The van der Waals surface area contributed by atoms with Crippen LogP contribution < -0.4 is 10.9 Å². The summed E-state index contributed by atoms with van der Waals surface area (Å²) in [7, 11) is 0. The normalized spacial score (nSPS) is 12.2. The van der Waals surface area contributed by atoms with E-state index in [0.29, 0.717) is 27.8 Å². The lowest BCUT2D eigenvalue weighted by Crippen LogP contribution is -2.26. The first kappa shape index (κ1) is 20.5. The summed E-state index contributed by atoms with van der Waals surface area (Å²) >= 11 is 0. The smallest absolute Gasteiger partial charge is 0.281 e. The Morgan fingerprint density at radius 1 is 1.06 bits per heavy atom. The number of hydrogen-bond donors (Lipinski definition) is 1. The Morgan fingerprint density at radius 2 is 1.77 bits per heavy atom. The first-order valence-electron chi connectivity index (χ1n) is 9.70. The highest BCUT2D eigenvalue weighted by molar-refractivity contribution is 5.95. The molecule has 0 bridgehead atoms. The molecule has 0 aliphatic heterocycles. The first-order chi connectivity index (χ1) is 14.8. The lowest BCUT2D eigenvalue weighted by molar-refractivity contribution is -0.118. The third-order valence-corrected chi connectivity index (χ3v) is 5.41. The van der Waals surface area contributed by atoms with E-state index < -0.39 is 23.6 Å². The lowest BCUT2D eigenvalue weighted by atomic mass is 10.2. The number of carbonyl (C=O) groups excluding carboxylic acids is 1. The number of nitrogens with one attached hydrogen (secondary N) is 1. The Labute approximate surface area is 176 Å². The van der Waals surface area contributed by atoms with Gasteiger partial charge >= 0.3 is 0 Å². The molecule has 0 spiro atoms. The van der Waals surface area contributed by atoms with Crippen molar-refractivity contribution in [2.24, 2.45) is 0 Å². The van der Waals surface area contributed by atoms with Crippen LogP contribution in [-0.4, -0.2) is 20.3 Å². The molecule has 8 heteroatoms. The summed E-state index contributed by atoms with van der Waals surface area (Å²) < 4.78 is 30.4. The zero-order valence-corrected chi connectivity index (χ0v) is 17.2. The molecule has 0 saturated carbocycles. The van der Waals surface area contributed by atoms with Crippen molar-refractivity contribution >= 4 is 22.4 Å². The van der Waals surface area contributed by atoms with E-state index in [1.807, 2.05) is 18.2 Å². The predicted octanol–water partition coefficient (Wildman–Crippen LogP) is 4.28. The van der Waals surface area contributed by atoms with Crippen LogP contribution in [0.5, 0.6) is 0 Å². The number of fused-ring (bicyclic) bond motifs is 1. The van der Waals surface area contributed by atoms with Crippen LogP contribution in [0.2, 0.25) is 0 Å². The fourth-order valence-corrected chi connectivity index (χ4v) is 3.86. The van der Waals surface area contributed by atoms with Gasteiger partial charge in [0.05, 0.1) is 23.0 Å². The van der Waals surface area contributed by atoms with E-state index >= 15 is 0 Å². The van der Waals surface area contributed by atoms with Gasteiger partial charge in [-0.1, -0.05) is 18.2 Å². The first-order valence-corrected chi connectivity index (χ1v) is 9.70. The van der Waals surface area contributed by atoms with Gasteiger partial charge in [-0.2, -0.15) is 9.78 Å². The van der Waals surface area contributed by atoms with E-state index in [2.05, 4.69) is 10.4 Å². The maximum Gasteiger partial charge on any atom is 0.281 e. The third kappa shape index (κ3) is 3.50. The molecule has 1 N–H and O–H groups in total. The minimum Gasteiger partial charge on any atom is -0.336 e. The van der Waals surface area contributed by atoms with Gasteiger partial charge in [0.25, 0.3) is 5.56 Å². The van der Waals surface area contributed by atoms with Gasteiger partial charge in [0, 0.05) is 22.8 Å². The van der Waals surface area contributed by atoms with Crippen LogP contribution in [0.15, 0.2) is 59.5 Å². The molecule has 6 nitrogen and oxygen atoms in total. The second-order valence-electron chi connectivity index (χ2n) is 7.32. The summed E-state index contributed by atoms with van der Waals surface area (Å²) in [6.07, 6.45) is 1.60. The number of anilines is 1. The second kappa shape index (κ2) is 7.79. The van der Waals surface area contributed by atoms with E-state index in [0.717, 1.165) is 18.2 Å². The molecular formula is C23H20F2N4O2. The third-order valence-electron chi connectivity index (χ3n) is 5.41. The molecule has 0 aliphatic carbocycles. The standard InChI is InChI=1S/C23H20F2N4O2/c1-13-18-12-26-29(17-7-5-4-6-8-17)23(31)21(18)14(2)28(13)15(3)22(30)27-20-11-16(24)9-10-19(20)25/h4-12,15H,1-3H3,(H,27,30). The van der Waals surface area contributed by atoms with Crippen LogP contribution in [0.4, 0.5) is 14.5 Å². The molecule has 1 atom stereocenters. The highest BCUT2D eigenvalue weighted by atomic mass is 19.1. The number of hydrogen-bond acceptors (Lipinski definition) is 3. The Morgan fingerprint density at radius 3 is 2.48 bits per heavy atom. The number of amides is 1. The number of aromatic nitrogens is 3. The molecule has 1 amide bonds. The minimum atomic E-state index is -0.778. The topological polar surface area (TPSA) is 68.9 Å². The van der Waals surface area contributed by atoms with E-state index in [1.54, 1.807) is 43.7 Å². The van der Waals surface area contributed by atoms with Gasteiger partial charge in [-0.3, -0.25) is 9.59 Å². The Bertz CT molecular complexity index is 1360. The second-order valence-corrected chi connectivity index (χ2v) is 7.32. The summed E-state index contributed by atoms with van der Waals surface area (Å²) in [5.74, 6) is -1.92. The fourth-order valence-electron chi connectivity index (χ4n) is 3.86. The summed E-state index contributed by atoms with van der Waals surface area (Å²) in [5.41, 5.74) is 1.36. The molecule has 31 heavy (non-hydrogen) atoms. The number of nitrogens with zero attached hydrogens (tertiary/aromatic N) is 3. The van der Waals surface area contributed by atoms with Crippen LogP contribution in [0.3, 0.4) is 0 Å². The number of carbonyl (C=O) groups is 1. The van der Waals surface area contributed by atoms with Gasteiger partial charge in [-0.05, 0) is 45.0 Å². The molecule has 0 saturated heterocycles. The maximum atomic E-state index is 13.9. The number of rotatable bonds is 4. The average Bonchev–Trinajstić information content (AvgIpc) is 3.01. The largest absolute Gasteiger partial charge is 0.336 e. The van der Waals surface area contributed by atoms with E-state index in [4.69, 9.17) is 0 Å². The number of aryl methyl sites for hydroxylation is 2. The molecule has 0 aliphatic rings. The summed E-state index contributed by atoms with van der Waals surface area (Å²) in [6.45, 7) is 5.17. The molecule has 0 radical (unpaired) electrons. The molecule has 4 rings (SSSR count). The van der Waals surface area contributed by atoms with Crippen molar-refractivity contribution in [1.29, 1.82) is 0 Å². The summed E-state index contributed by atoms with van der Waals surface area (Å²) in [6, 6.07) is 11.1. The van der Waals surface area contributed by atoms with Crippen molar-refractivity contribution < 1.29 is 13.6 Å². The molecule has 2 heterocycles. The zero-order chi connectivity index (χ0) is 22.3. The van der Waals surface area contributed by atoms with E-state index in [-0.39, 0.29) is 11.2 Å². The van der Waals surface area contributed by atoms with E-state index in [1.165, 1.54) is 4.68 Å². The minimum absolute atomic E-state index is 0.239. The van der Waals surface area contributed by atoms with Crippen molar-refractivity contribution in [3.05, 3.63) is 88.1 Å². The molecule has 2 aromatic heterocycles. The molecule has 158 valence electrons. The van der Waals surface area contributed by atoms with Crippen LogP contribution >= 0.6 is 0 Å². The quantitative estimate of drug-likeness (QED) is 0.534. The number of para-hydroxylation sites is 1. The maximum absolute atomic E-state index is 13.9. The average molecular weight is 422 g/mol. The van der Waals surface area contributed by atoms with Gasteiger partial charge in [0.2, 0.25) is 5.91 Å². The van der Waals surface area contributed by atoms with Gasteiger partial charge < -0.3 is 9.88 Å². The van der Waals surface area contributed by atoms with Gasteiger partial charge in [0.15, 0.2) is 0 Å². The van der Waals surface area contributed by atoms with Crippen LogP contribution in [0, 0.1) is 25.5 Å². The molecule has 2 aromatic carbocycles. The van der Waals surface area contributed by atoms with E-state index in [9.17, 15) is 18.4 Å². The van der Waals surface area contributed by atoms with Crippen LogP contribution in [-0.2, 0) is 4.79 Å². The number of benzene rings is 2. The Hall–Kier alpha value is -3.81. The Kier molecular flexibility index (Phi) is 5.14. The zero-order valence-electron chi connectivity index (χ0n) is 17.2. The summed E-state index contributed by atoms with van der Waals surface area (Å²) in [4.78, 5) is 26.0. The van der Waals surface area contributed by atoms with Crippen molar-refractivity contribution in [1.82, 2.24) is 14.3 Å². The Balaban J connectivity index is 1.77. The lowest BCUT2D eigenvalue weighted by Gasteiger charge is -2.18. The molecular weight excluding hydrogens is 402 g/mol. The van der Waals surface area contributed by atoms with Crippen LogP contribution in [0.1, 0.15) is 24.4 Å².